The van der Waals surface area contributed by atoms with Crippen LogP contribution in [0.4, 0.5) is 0 Å². The monoisotopic (exact) mass is 989 g/mol. The molecule has 0 radical (unpaired) electrons. The lowest BCUT2D eigenvalue weighted by Gasteiger charge is -2.18. The van der Waals surface area contributed by atoms with Crippen LogP contribution < -0.4 is 0 Å². The molecule has 0 amide bonds. The summed E-state index contributed by atoms with van der Waals surface area (Å²) in [6, 6.07) is 0. The predicted octanol–water partition coefficient (Wildman–Crippen LogP) is 20.3. The van der Waals surface area contributed by atoms with E-state index >= 15 is 0 Å². The van der Waals surface area contributed by atoms with Gasteiger partial charge in [-0.15, -0.1) is 0 Å². The molecule has 0 aromatic heterocycles. The Morgan fingerprint density at radius 2 is 0.549 bits per heavy atom. The Hall–Kier alpha value is -3.41. The number of hydrogen-bond donors (Lipinski definition) is 0. The third kappa shape index (κ3) is 57.4. The molecule has 0 bridgehead atoms. The van der Waals surface area contributed by atoms with E-state index in [1.165, 1.54) is 148 Å². The summed E-state index contributed by atoms with van der Waals surface area (Å²) >= 11 is 0. The molecule has 1 atom stereocenters. The first-order valence-corrected chi connectivity index (χ1v) is 30.1. The van der Waals surface area contributed by atoms with Gasteiger partial charge in [-0.1, -0.05) is 260 Å². The van der Waals surface area contributed by atoms with Gasteiger partial charge >= 0.3 is 17.9 Å². The van der Waals surface area contributed by atoms with E-state index in [-0.39, 0.29) is 31.1 Å². The molecule has 0 heterocycles. The summed E-state index contributed by atoms with van der Waals surface area (Å²) < 4.78 is 16.8. The fourth-order valence-corrected chi connectivity index (χ4v) is 8.38. The molecule has 0 aliphatic heterocycles. The van der Waals surface area contributed by atoms with Crippen molar-refractivity contribution in [3.8, 4) is 0 Å². The second-order valence-electron chi connectivity index (χ2n) is 19.9. The second-order valence-corrected chi connectivity index (χ2v) is 19.9. The summed E-state index contributed by atoms with van der Waals surface area (Å²) in [5.41, 5.74) is 0. The molecule has 0 aromatic carbocycles. The fourth-order valence-electron chi connectivity index (χ4n) is 8.38. The number of unbranched alkanes of at least 4 members (excludes halogenated alkanes) is 29. The lowest BCUT2D eigenvalue weighted by molar-refractivity contribution is -0.167. The first-order chi connectivity index (χ1) is 35.0. The molecule has 408 valence electrons. The van der Waals surface area contributed by atoms with Crippen LogP contribution >= 0.6 is 0 Å². The number of hydrogen-bond acceptors (Lipinski definition) is 6. The van der Waals surface area contributed by atoms with Crippen molar-refractivity contribution in [1.82, 2.24) is 0 Å². The molecule has 0 saturated carbocycles. The van der Waals surface area contributed by atoms with E-state index in [1.54, 1.807) is 0 Å². The number of ether oxygens (including phenoxy) is 3. The van der Waals surface area contributed by atoms with Crippen LogP contribution in [0.15, 0.2) is 85.1 Å². The standard InChI is InChI=1S/C65H112O6/c1-4-7-10-13-16-18-20-22-24-26-27-28-29-30-31-32-33-34-35-36-37-39-40-42-44-46-49-52-55-58-64(67)70-61-62(60-69-63(66)57-54-51-48-15-12-9-6-3)71-65(68)59-56-53-50-47-45-43-41-38-25-23-21-19-17-14-11-8-5-2/h7,10,16-19,22-25,27-28,30-31,62H,4-6,8-9,11-15,20-21,26,29,32-61H2,1-3H3/b10-7-,18-16-,19-17-,24-22-,25-23-,28-27-,31-30-. The van der Waals surface area contributed by atoms with Crippen LogP contribution in [0.2, 0.25) is 0 Å². The highest BCUT2D eigenvalue weighted by Gasteiger charge is 2.19. The summed E-state index contributed by atoms with van der Waals surface area (Å²) in [7, 11) is 0. The Labute approximate surface area is 439 Å². The molecular weight excluding hydrogens is 877 g/mol. The first-order valence-electron chi connectivity index (χ1n) is 30.1. The van der Waals surface area contributed by atoms with Gasteiger partial charge in [0.25, 0.3) is 0 Å². The third-order valence-electron chi connectivity index (χ3n) is 12.9. The van der Waals surface area contributed by atoms with E-state index in [0.717, 1.165) is 103 Å². The molecule has 0 N–H and O–H groups in total. The summed E-state index contributed by atoms with van der Waals surface area (Å²) in [4.78, 5) is 38.0. The van der Waals surface area contributed by atoms with E-state index in [1.807, 2.05) is 0 Å². The van der Waals surface area contributed by atoms with Crippen LogP contribution in [-0.4, -0.2) is 37.2 Å². The molecule has 0 aromatic rings. The SMILES string of the molecule is CC/C=C\C/C=C\C/C=C\C/C=C\C/C=C\CCCCCCCCCCCCCCCC(=O)OCC(COC(=O)CCCCCCCCC)OC(=O)CCCCCCCCC/C=C\C/C=C\CCCCC. The van der Waals surface area contributed by atoms with Gasteiger partial charge in [-0.05, 0) is 96.3 Å². The summed E-state index contributed by atoms with van der Waals surface area (Å²) in [5.74, 6) is -0.886. The Morgan fingerprint density at radius 3 is 0.887 bits per heavy atom. The minimum absolute atomic E-state index is 0.0777. The van der Waals surface area contributed by atoms with Gasteiger partial charge < -0.3 is 14.2 Å². The van der Waals surface area contributed by atoms with Crippen LogP contribution in [0.25, 0.3) is 0 Å². The van der Waals surface area contributed by atoms with Crippen molar-refractivity contribution in [3.63, 3.8) is 0 Å². The van der Waals surface area contributed by atoms with Crippen LogP contribution in [-0.2, 0) is 28.6 Å². The maximum absolute atomic E-state index is 12.8. The average Bonchev–Trinajstić information content (AvgIpc) is 3.37. The third-order valence-corrected chi connectivity index (χ3v) is 12.9. The maximum atomic E-state index is 12.8. The van der Waals surface area contributed by atoms with E-state index in [0.29, 0.717) is 19.3 Å². The number of rotatable bonds is 54. The van der Waals surface area contributed by atoms with Gasteiger partial charge in [0, 0.05) is 19.3 Å². The van der Waals surface area contributed by atoms with E-state index in [2.05, 4.69) is 106 Å². The molecular formula is C65H112O6. The molecule has 0 rings (SSSR count). The lowest BCUT2D eigenvalue weighted by Crippen LogP contribution is -2.30. The van der Waals surface area contributed by atoms with Gasteiger partial charge in [0.1, 0.15) is 13.2 Å². The maximum Gasteiger partial charge on any atom is 0.306 e. The second kappa shape index (κ2) is 59.2. The zero-order valence-electron chi connectivity index (χ0n) is 46.7. The number of carbonyl (C=O) groups is 3. The molecule has 1 unspecified atom stereocenters. The molecule has 0 spiro atoms. The van der Waals surface area contributed by atoms with Gasteiger partial charge in [0.15, 0.2) is 6.10 Å². The Morgan fingerprint density at radius 1 is 0.296 bits per heavy atom. The van der Waals surface area contributed by atoms with Crippen molar-refractivity contribution in [1.29, 1.82) is 0 Å². The molecule has 0 aliphatic rings. The molecule has 0 fully saturated rings. The van der Waals surface area contributed by atoms with E-state index in [9.17, 15) is 14.4 Å². The quantitative estimate of drug-likeness (QED) is 0.0261. The zero-order chi connectivity index (χ0) is 51.4. The van der Waals surface area contributed by atoms with Gasteiger partial charge in [0.05, 0.1) is 0 Å². The summed E-state index contributed by atoms with van der Waals surface area (Å²) in [6.45, 7) is 6.47. The van der Waals surface area contributed by atoms with Crippen LogP contribution in [0.1, 0.15) is 290 Å². The highest BCUT2D eigenvalue weighted by molar-refractivity contribution is 5.71. The molecule has 0 aliphatic carbocycles. The minimum atomic E-state index is -0.777. The lowest BCUT2D eigenvalue weighted by atomic mass is 10.0. The highest BCUT2D eigenvalue weighted by Crippen LogP contribution is 2.16. The number of esters is 3. The van der Waals surface area contributed by atoms with Gasteiger partial charge in [-0.3, -0.25) is 14.4 Å². The average molecular weight is 990 g/mol. The van der Waals surface area contributed by atoms with E-state index in [4.69, 9.17) is 14.2 Å². The van der Waals surface area contributed by atoms with Gasteiger partial charge in [-0.2, -0.15) is 0 Å². The highest BCUT2D eigenvalue weighted by atomic mass is 16.6. The summed E-state index contributed by atoms with van der Waals surface area (Å²) in [6.07, 6.45) is 77.5. The number of allylic oxidation sites excluding steroid dienone is 14. The van der Waals surface area contributed by atoms with Crippen molar-refractivity contribution >= 4 is 17.9 Å². The Balaban J connectivity index is 4.12. The van der Waals surface area contributed by atoms with Crippen molar-refractivity contribution in [2.75, 3.05) is 13.2 Å². The van der Waals surface area contributed by atoms with Crippen LogP contribution in [0.5, 0.6) is 0 Å². The molecule has 0 saturated heterocycles. The minimum Gasteiger partial charge on any atom is -0.462 e. The molecule has 71 heavy (non-hydrogen) atoms. The van der Waals surface area contributed by atoms with Crippen LogP contribution in [0.3, 0.4) is 0 Å². The number of carbonyl (C=O) groups excluding carboxylic acids is 3. The fraction of sp³-hybridized carbons (Fsp3) is 0.738. The van der Waals surface area contributed by atoms with Crippen molar-refractivity contribution < 1.29 is 28.6 Å². The van der Waals surface area contributed by atoms with Crippen LogP contribution in [0, 0.1) is 0 Å². The molecule has 6 nitrogen and oxygen atoms in total. The Kier molecular flexibility index (Phi) is 56.3. The smallest absolute Gasteiger partial charge is 0.306 e. The van der Waals surface area contributed by atoms with Crippen molar-refractivity contribution in [2.24, 2.45) is 0 Å². The normalized spacial score (nSPS) is 12.7. The first kappa shape index (κ1) is 67.6. The molecule has 6 heteroatoms. The van der Waals surface area contributed by atoms with Gasteiger partial charge in [0.2, 0.25) is 0 Å². The largest absolute Gasteiger partial charge is 0.462 e. The topological polar surface area (TPSA) is 78.9 Å². The van der Waals surface area contributed by atoms with Crippen molar-refractivity contribution in [2.45, 2.75) is 297 Å². The predicted molar refractivity (Wildman–Crippen MR) is 307 cm³/mol. The van der Waals surface area contributed by atoms with Gasteiger partial charge in [-0.25, -0.2) is 0 Å². The zero-order valence-corrected chi connectivity index (χ0v) is 46.7. The Bertz CT molecular complexity index is 1370. The van der Waals surface area contributed by atoms with Crippen molar-refractivity contribution in [3.05, 3.63) is 85.1 Å². The summed E-state index contributed by atoms with van der Waals surface area (Å²) in [5, 5.41) is 0. The van der Waals surface area contributed by atoms with E-state index < -0.39 is 6.10 Å².